The van der Waals surface area contributed by atoms with Crippen LogP contribution in [0.3, 0.4) is 0 Å². The van der Waals surface area contributed by atoms with Gasteiger partial charge in [-0.1, -0.05) is 11.6 Å². The molecule has 0 bridgehead atoms. The number of methoxy groups -OCH3 is 1. The Bertz CT molecular complexity index is 863. The average Bonchev–Trinajstić information content (AvgIpc) is 3.19. The Balaban J connectivity index is 1.77. The Hall–Kier alpha value is -2.57. The summed E-state index contributed by atoms with van der Waals surface area (Å²) in [5.41, 5.74) is 2.33. The number of ether oxygens (including phenoxy) is 2. The lowest BCUT2D eigenvalue weighted by molar-refractivity contribution is -0.124. The summed E-state index contributed by atoms with van der Waals surface area (Å²) in [7, 11) is 1.51. The normalized spacial score (nSPS) is 16.0. The summed E-state index contributed by atoms with van der Waals surface area (Å²) < 4.78 is 10.7. The first-order chi connectivity index (χ1) is 13.0. The van der Waals surface area contributed by atoms with E-state index in [1.807, 2.05) is 6.92 Å². The lowest BCUT2D eigenvalue weighted by atomic mass is 10.1. The van der Waals surface area contributed by atoms with Crippen LogP contribution in [0.25, 0.3) is 0 Å². The quantitative estimate of drug-likeness (QED) is 0.810. The largest absolute Gasteiger partial charge is 0.495 e. The second-order valence-electron chi connectivity index (χ2n) is 6.32. The van der Waals surface area contributed by atoms with Crippen LogP contribution >= 0.6 is 11.6 Å². The average molecular weight is 389 g/mol. The van der Waals surface area contributed by atoms with E-state index in [0.717, 1.165) is 12.0 Å². The van der Waals surface area contributed by atoms with Gasteiger partial charge in [-0.05, 0) is 61.7 Å². The van der Waals surface area contributed by atoms with Gasteiger partial charge in [0.05, 0.1) is 12.8 Å². The molecule has 2 aromatic rings. The first-order valence-corrected chi connectivity index (χ1v) is 9.03. The molecular weight excluding hydrogens is 368 g/mol. The maximum atomic E-state index is 12.6. The molecule has 2 amide bonds. The molecule has 0 spiro atoms. The zero-order chi connectivity index (χ0) is 19.4. The number of halogens is 1. The van der Waals surface area contributed by atoms with Crippen molar-refractivity contribution in [3.8, 4) is 5.75 Å². The van der Waals surface area contributed by atoms with E-state index < -0.39 is 6.10 Å². The van der Waals surface area contributed by atoms with Gasteiger partial charge in [-0.15, -0.1) is 0 Å². The lowest BCUT2D eigenvalue weighted by Gasteiger charge is -2.15. The molecule has 1 fully saturated rings. The number of benzene rings is 2. The highest BCUT2D eigenvalue weighted by Gasteiger charge is 2.24. The van der Waals surface area contributed by atoms with E-state index >= 15 is 0 Å². The minimum atomic E-state index is -0.468. The second-order valence-corrected chi connectivity index (χ2v) is 6.73. The molecule has 142 valence electrons. The molecular formula is C20H21ClN2O4. The predicted molar refractivity (Wildman–Crippen MR) is 105 cm³/mol. The molecule has 1 aliphatic rings. The molecule has 1 saturated heterocycles. The van der Waals surface area contributed by atoms with E-state index in [1.54, 1.807) is 36.4 Å². The van der Waals surface area contributed by atoms with Crippen LogP contribution in [0.15, 0.2) is 36.4 Å². The molecule has 1 atom stereocenters. The van der Waals surface area contributed by atoms with Gasteiger partial charge in [0.2, 0.25) is 0 Å². The van der Waals surface area contributed by atoms with Gasteiger partial charge >= 0.3 is 0 Å². The Kier molecular flexibility index (Phi) is 5.98. The number of hydrogen-bond acceptors (Lipinski definition) is 4. The van der Waals surface area contributed by atoms with Gasteiger partial charge in [0.15, 0.2) is 0 Å². The molecule has 0 aliphatic carbocycles. The smallest absolute Gasteiger partial charge is 0.255 e. The molecule has 7 heteroatoms. The molecule has 2 N–H and O–H groups in total. The van der Waals surface area contributed by atoms with Crippen LogP contribution in [0.1, 0.15) is 28.8 Å². The van der Waals surface area contributed by atoms with Gasteiger partial charge in [0.1, 0.15) is 11.9 Å². The van der Waals surface area contributed by atoms with Gasteiger partial charge in [-0.2, -0.15) is 0 Å². The van der Waals surface area contributed by atoms with Crippen LogP contribution in [-0.4, -0.2) is 31.6 Å². The van der Waals surface area contributed by atoms with Crippen molar-refractivity contribution >= 4 is 34.8 Å². The number of hydrogen-bond donors (Lipinski definition) is 2. The van der Waals surface area contributed by atoms with Crippen molar-refractivity contribution in [3.05, 3.63) is 52.5 Å². The number of carbonyl (C=O) groups excluding carboxylic acids is 2. The van der Waals surface area contributed by atoms with Crippen molar-refractivity contribution in [2.24, 2.45) is 0 Å². The summed E-state index contributed by atoms with van der Waals surface area (Å²) in [6.45, 7) is 2.45. The molecule has 27 heavy (non-hydrogen) atoms. The van der Waals surface area contributed by atoms with Crippen molar-refractivity contribution in [1.82, 2.24) is 0 Å². The van der Waals surface area contributed by atoms with Crippen LogP contribution < -0.4 is 15.4 Å². The highest BCUT2D eigenvalue weighted by atomic mass is 35.5. The summed E-state index contributed by atoms with van der Waals surface area (Å²) in [5.74, 6) is -0.0658. The molecule has 3 rings (SSSR count). The number of carbonyl (C=O) groups is 2. The van der Waals surface area contributed by atoms with E-state index in [-0.39, 0.29) is 11.8 Å². The molecule has 1 heterocycles. The first kappa shape index (κ1) is 19.2. The molecule has 1 aliphatic heterocycles. The number of rotatable bonds is 5. The van der Waals surface area contributed by atoms with Crippen molar-refractivity contribution in [2.45, 2.75) is 25.9 Å². The standard InChI is InChI=1S/C20H21ClN2O4/c1-12-10-14(6-7-15(12)21)22-19(24)13-5-8-17(26-2)16(11-13)23-20(25)18-4-3-9-27-18/h5-8,10-11,18H,3-4,9H2,1-2H3,(H,22,24)(H,23,25). The Morgan fingerprint density at radius 1 is 1.19 bits per heavy atom. The molecule has 1 unspecified atom stereocenters. The minimum absolute atomic E-state index is 0.239. The van der Waals surface area contributed by atoms with Gasteiger partial charge in [0.25, 0.3) is 11.8 Å². The van der Waals surface area contributed by atoms with E-state index in [0.29, 0.717) is 40.7 Å². The summed E-state index contributed by atoms with van der Waals surface area (Å²) in [6.07, 6.45) is 1.08. The van der Waals surface area contributed by atoms with Crippen molar-refractivity contribution in [3.63, 3.8) is 0 Å². The maximum Gasteiger partial charge on any atom is 0.255 e. The fourth-order valence-electron chi connectivity index (χ4n) is 2.87. The fraction of sp³-hybridized carbons (Fsp3) is 0.300. The highest BCUT2D eigenvalue weighted by Crippen LogP contribution is 2.27. The summed E-state index contributed by atoms with van der Waals surface area (Å²) in [4.78, 5) is 24.9. The number of anilines is 2. The third kappa shape index (κ3) is 4.59. The van der Waals surface area contributed by atoms with Gasteiger partial charge in [0, 0.05) is 22.9 Å². The zero-order valence-corrected chi connectivity index (χ0v) is 15.9. The van der Waals surface area contributed by atoms with Gasteiger partial charge < -0.3 is 20.1 Å². The van der Waals surface area contributed by atoms with Crippen LogP contribution in [0, 0.1) is 6.92 Å². The van der Waals surface area contributed by atoms with E-state index in [2.05, 4.69) is 10.6 Å². The number of aryl methyl sites for hydroxylation is 1. The third-order valence-electron chi connectivity index (χ3n) is 4.36. The van der Waals surface area contributed by atoms with Crippen molar-refractivity contribution < 1.29 is 19.1 Å². The topological polar surface area (TPSA) is 76.7 Å². The SMILES string of the molecule is COc1ccc(C(=O)Nc2ccc(Cl)c(C)c2)cc1NC(=O)C1CCCO1. The van der Waals surface area contributed by atoms with Crippen molar-refractivity contribution in [2.75, 3.05) is 24.4 Å². The molecule has 6 nitrogen and oxygen atoms in total. The zero-order valence-electron chi connectivity index (χ0n) is 15.2. The van der Waals surface area contributed by atoms with Crippen LogP contribution in [0.5, 0.6) is 5.75 Å². The Morgan fingerprint density at radius 3 is 2.67 bits per heavy atom. The number of amides is 2. The van der Waals surface area contributed by atoms with Crippen molar-refractivity contribution in [1.29, 1.82) is 0 Å². The Labute approximate surface area is 162 Å². The predicted octanol–water partition coefficient (Wildman–Crippen LogP) is 4.03. The molecule has 0 saturated carbocycles. The monoisotopic (exact) mass is 388 g/mol. The molecule has 0 aromatic heterocycles. The van der Waals surface area contributed by atoms with E-state index in [4.69, 9.17) is 21.1 Å². The Morgan fingerprint density at radius 2 is 2.00 bits per heavy atom. The number of nitrogens with one attached hydrogen (secondary N) is 2. The van der Waals surface area contributed by atoms with Gasteiger partial charge in [-0.3, -0.25) is 9.59 Å². The second kappa shape index (κ2) is 8.41. The lowest BCUT2D eigenvalue weighted by Crippen LogP contribution is -2.27. The van der Waals surface area contributed by atoms with Crippen LogP contribution in [0.2, 0.25) is 5.02 Å². The first-order valence-electron chi connectivity index (χ1n) is 8.66. The molecule has 0 radical (unpaired) electrons. The molecule has 2 aromatic carbocycles. The third-order valence-corrected chi connectivity index (χ3v) is 4.78. The highest BCUT2D eigenvalue weighted by molar-refractivity contribution is 6.31. The van der Waals surface area contributed by atoms with Crippen LogP contribution in [-0.2, 0) is 9.53 Å². The maximum absolute atomic E-state index is 12.6. The van der Waals surface area contributed by atoms with Crippen LogP contribution in [0.4, 0.5) is 11.4 Å². The van der Waals surface area contributed by atoms with Gasteiger partial charge in [-0.25, -0.2) is 0 Å². The fourth-order valence-corrected chi connectivity index (χ4v) is 2.99. The summed E-state index contributed by atoms with van der Waals surface area (Å²) >= 11 is 6.01. The van der Waals surface area contributed by atoms with E-state index in [1.165, 1.54) is 7.11 Å². The summed E-state index contributed by atoms with van der Waals surface area (Å²) in [6, 6.07) is 10.1. The summed E-state index contributed by atoms with van der Waals surface area (Å²) in [5, 5.41) is 6.25. The minimum Gasteiger partial charge on any atom is -0.495 e. The van der Waals surface area contributed by atoms with E-state index in [9.17, 15) is 9.59 Å².